The van der Waals surface area contributed by atoms with E-state index in [4.69, 9.17) is 0 Å². The summed E-state index contributed by atoms with van der Waals surface area (Å²) in [6.45, 7) is 0. The highest BCUT2D eigenvalue weighted by atomic mass is 32.3. The van der Waals surface area contributed by atoms with Crippen molar-refractivity contribution in [1.82, 2.24) is 9.03 Å². The standard InChI is InChI=1S/C3H9N.C2HF6NO4S2/c1-4(2)3;3-1(4,5)2(6,7)14(10,11)9-15(8,12)13/h1-3H3;9H. The molecule has 19 heavy (non-hydrogen) atoms. The second kappa shape index (κ2) is 6.23. The van der Waals surface area contributed by atoms with Gasteiger partial charge in [-0.2, -0.15) is 30.4 Å². The van der Waals surface area contributed by atoms with Crippen LogP contribution in [-0.2, 0) is 20.4 Å². The molecule has 0 aliphatic heterocycles. The molecule has 14 heteroatoms. The van der Waals surface area contributed by atoms with Gasteiger partial charge in [0.1, 0.15) is 0 Å². The molecular formula is C5H10F6N2O4S2. The monoisotopic (exact) mass is 340 g/mol. The molecule has 6 nitrogen and oxygen atoms in total. The molecule has 0 aliphatic carbocycles. The average Bonchev–Trinajstić information content (AvgIpc) is 1.94. The van der Waals surface area contributed by atoms with Gasteiger partial charge in [0, 0.05) is 0 Å². The van der Waals surface area contributed by atoms with E-state index in [1.807, 2.05) is 26.0 Å². The van der Waals surface area contributed by atoms with Gasteiger partial charge in [-0.25, -0.2) is 8.42 Å². The third-order valence-electron chi connectivity index (χ3n) is 0.877. The minimum Gasteiger partial charge on any atom is -0.312 e. The second-order valence-electron chi connectivity index (χ2n) is 3.38. The molecule has 0 saturated carbocycles. The van der Waals surface area contributed by atoms with Gasteiger partial charge in [-0.05, 0) is 21.1 Å². The molecule has 0 aromatic heterocycles. The van der Waals surface area contributed by atoms with E-state index in [0.29, 0.717) is 0 Å². The number of nitrogens with zero attached hydrogens (tertiary/aromatic N) is 1. The van der Waals surface area contributed by atoms with Crippen LogP contribution in [0.1, 0.15) is 0 Å². The first kappa shape index (κ1) is 20.7. The van der Waals surface area contributed by atoms with Gasteiger partial charge in [0.2, 0.25) is 0 Å². The number of sulfonamides is 1. The predicted octanol–water partition coefficient (Wildman–Crippen LogP) is 0.453. The lowest BCUT2D eigenvalue weighted by molar-refractivity contribution is -0.241. The Bertz CT molecular complexity index is 479. The molecule has 0 amide bonds. The summed E-state index contributed by atoms with van der Waals surface area (Å²) in [5.74, 6) is 0. The zero-order valence-electron chi connectivity index (χ0n) is 9.66. The topological polar surface area (TPSA) is 83.6 Å². The molecule has 0 radical (unpaired) electrons. The van der Waals surface area contributed by atoms with Crippen LogP contribution in [0, 0.1) is 0 Å². The van der Waals surface area contributed by atoms with E-state index in [1.54, 1.807) is 0 Å². The molecule has 0 heterocycles. The number of halogens is 6. The van der Waals surface area contributed by atoms with E-state index in [9.17, 15) is 42.7 Å². The molecule has 0 rings (SSSR count). The smallest absolute Gasteiger partial charge is 0.312 e. The number of nitrogens with one attached hydrogen (secondary N) is 1. The third-order valence-corrected chi connectivity index (χ3v) is 3.46. The minimum absolute atomic E-state index is 0.450. The maximum atomic E-state index is 12.0. The normalized spacial score (nSPS) is 14.0. The van der Waals surface area contributed by atoms with Gasteiger partial charge in [0.15, 0.2) is 0 Å². The molecule has 0 bridgehead atoms. The van der Waals surface area contributed by atoms with Gasteiger partial charge < -0.3 is 4.90 Å². The lowest BCUT2D eigenvalue weighted by atomic mass is 10.7. The molecule has 0 atom stereocenters. The van der Waals surface area contributed by atoms with Crippen LogP contribution in [0.25, 0.3) is 0 Å². The van der Waals surface area contributed by atoms with Crippen molar-refractivity contribution in [1.29, 1.82) is 0 Å². The highest BCUT2D eigenvalue weighted by Crippen LogP contribution is 2.39. The van der Waals surface area contributed by atoms with Crippen LogP contribution in [0.5, 0.6) is 0 Å². The van der Waals surface area contributed by atoms with E-state index in [2.05, 4.69) is 0 Å². The molecule has 0 aliphatic rings. The summed E-state index contributed by atoms with van der Waals surface area (Å²) in [5, 5.41) is -6.42. The van der Waals surface area contributed by atoms with Crippen molar-refractivity contribution in [2.24, 2.45) is 0 Å². The third kappa shape index (κ3) is 7.54. The Hall–Kier alpha value is -0.600. The summed E-state index contributed by atoms with van der Waals surface area (Å²) in [6.07, 6.45) is -6.57. The SMILES string of the molecule is CN(C)C.O=S(=O)(F)NS(=O)(=O)C(F)(F)C(F)(F)F. The van der Waals surface area contributed by atoms with Crippen molar-refractivity contribution < 1.29 is 42.7 Å². The molecule has 0 unspecified atom stereocenters. The fourth-order valence-electron chi connectivity index (χ4n) is 0.336. The second-order valence-corrected chi connectivity index (χ2v) is 6.44. The van der Waals surface area contributed by atoms with E-state index in [-0.39, 0.29) is 0 Å². The van der Waals surface area contributed by atoms with Gasteiger partial charge in [0.25, 0.3) is 0 Å². The molecular weight excluding hydrogens is 330 g/mol. The van der Waals surface area contributed by atoms with Crippen LogP contribution in [0.15, 0.2) is 0 Å². The van der Waals surface area contributed by atoms with Gasteiger partial charge in [-0.15, -0.1) is 0 Å². The summed E-state index contributed by atoms with van der Waals surface area (Å²) in [4.78, 5) is 2.00. The quantitative estimate of drug-likeness (QED) is 0.596. The molecule has 0 spiro atoms. The Kier molecular flexibility index (Phi) is 6.80. The van der Waals surface area contributed by atoms with Crippen molar-refractivity contribution in [3.05, 3.63) is 0 Å². The van der Waals surface area contributed by atoms with Crippen LogP contribution >= 0.6 is 0 Å². The largest absolute Gasteiger partial charge is 0.471 e. The van der Waals surface area contributed by atoms with Gasteiger partial charge in [-0.3, -0.25) is 0 Å². The lowest BCUT2D eigenvalue weighted by Gasteiger charge is -2.18. The first-order valence-electron chi connectivity index (χ1n) is 3.97. The van der Waals surface area contributed by atoms with Crippen LogP contribution < -0.4 is 4.13 Å². The Labute approximate surface area is 105 Å². The lowest BCUT2D eigenvalue weighted by Crippen LogP contribution is -2.50. The van der Waals surface area contributed by atoms with E-state index in [0.717, 1.165) is 0 Å². The van der Waals surface area contributed by atoms with Crippen molar-refractivity contribution >= 4 is 20.4 Å². The maximum Gasteiger partial charge on any atom is 0.471 e. The summed E-state index contributed by atoms with van der Waals surface area (Å²) >= 11 is 0. The number of hydrogen-bond donors (Lipinski definition) is 1. The fraction of sp³-hybridized carbons (Fsp3) is 1.00. The molecule has 1 N–H and O–H groups in total. The summed E-state index contributed by atoms with van der Waals surface area (Å²) < 4.78 is 109. The summed E-state index contributed by atoms with van der Waals surface area (Å²) in [7, 11) is -6.99. The zero-order chi connectivity index (χ0) is 16.3. The van der Waals surface area contributed by atoms with Crippen LogP contribution in [0.3, 0.4) is 0 Å². The average molecular weight is 340 g/mol. The number of hydrogen-bond acceptors (Lipinski definition) is 5. The number of alkyl halides is 5. The van der Waals surface area contributed by atoms with Crippen molar-refractivity contribution in [3.63, 3.8) is 0 Å². The van der Waals surface area contributed by atoms with Crippen LogP contribution in [0.2, 0.25) is 0 Å². The first-order valence-corrected chi connectivity index (χ1v) is 6.84. The Balaban J connectivity index is 0. The number of rotatable bonds is 3. The Morgan fingerprint density at radius 3 is 1.32 bits per heavy atom. The fourth-order valence-corrected chi connectivity index (χ4v) is 2.11. The molecule has 118 valence electrons. The highest BCUT2D eigenvalue weighted by molar-refractivity contribution is 8.03. The van der Waals surface area contributed by atoms with E-state index >= 15 is 0 Å². The van der Waals surface area contributed by atoms with Gasteiger partial charge in [-0.1, -0.05) is 8.01 Å². The highest BCUT2D eigenvalue weighted by Gasteiger charge is 2.68. The minimum atomic E-state index is -6.75. The molecule has 0 saturated heterocycles. The maximum absolute atomic E-state index is 12.0. The summed E-state index contributed by atoms with van der Waals surface area (Å²) in [6, 6.07) is 0. The van der Waals surface area contributed by atoms with Crippen molar-refractivity contribution in [2.75, 3.05) is 21.1 Å². The zero-order valence-corrected chi connectivity index (χ0v) is 11.3. The van der Waals surface area contributed by atoms with Crippen molar-refractivity contribution in [3.8, 4) is 0 Å². The van der Waals surface area contributed by atoms with Crippen molar-refractivity contribution in [2.45, 2.75) is 11.4 Å². The van der Waals surface area contributed by atoms with E-state index in [1.165, 1.54) is 0 Å². The van der Waals surface area contributed by atoms with Crippen LogP contribution in [0.4, 0.5) is 25.8 Å². The first-order chi connectivity index (χ1) is 7.94. The Morgan fingerprint density at radius 1 is 0.895 bits per heavy atom. The van der Waals surface area contributed by atoms with Gasteiger partial charge >= 0.3 is 31.9 Å². The van der Waals surface area contributed by atoms with Gasteiger partial charge in [0.05, 0.1) is 0 Å². The molecule has 0 aromatic rings. The van der Waals surface area contributed by atoms with Crippen LogP contribution in [-0.4, -0.2) is 54.3 Å². The molecule has 0 aromatic carbocycles. The van der Waals surface area contributed by atoms with E-state index < -0.39 is 36.0 Å². The molecule has 0 fully saturated rings. The Morgan fingerprint density at radius 2 is 1.16 bits per heavy atom. The summed E-state index contributed by atoms with van der Waals surface area (Å²) in [5.41, 5.74) is 0. The predicted molar refractivity (Wildman–Crippen MR) is 52.7 cm³/mol.